The Balaban J connectivity index is 1.42. The summed E-state index contributed by atoms with van der Waals surface area (Å²) in [6.45, 7) is 5.07. The van der Waals surface area contributed by atoms with Gasteiger partial charge in [0, 0.05) is 19.1 Å². The van der Waals surface area contributed by atoms with E-state index in [4.69, 9.17) is 5.73 Å². The fourth-order valence-electron chi connectivity index (χ4n) is 3.10. The monoisotopic (exact) mass is 251 g/mol. The second kappa shape index (κ2) is 4.49. The minimum absolute atomic E-state index is 0.0508. The Bertz CT molecular complexity index is 334. The number of nitrogens with one attached hydrogen (secondary N) is 1. The SMILES string of the molecule is CC(N)(C(=O)NCC1CCN(C2CC2)C1)C1CC1. The predicted molar refractivity (Wildman–Crippen MR) is 71.0 cm³/mol. The van der Waals surface area contributed by atoms with Crippen molar-refractivity contribution >= 4 is 5.91 Å². The van der Waals surface area contributed by atoms with Crippen molar-refractivity contribution in [1.29, 1.82) is 0 Å². The summed E-state index contributed by atoms with van der Waals surface area (Å²) >= 11 is 0. The summed E-state index contributed by atoms with van der Waals surface area (Å²) in [7, 11) is 0. The van der Waals surface area contributed by atoms with Crippen molar-refractivity contribution in [2.45, 2.75) is 50.6 Å². The molecule has 0 aromatic heterocycles. The maximum atomic E-state index is 12.1. The molecule has 1 heterocycles. The molecule has 0 aromatic carbocycles. The molecule has 4 nitrogen and oxygen atoms in total. The van der Waals surface area contributed by atoms with Crippen LogP contribution in [-0.4, -0.2) is 42.0 Å². The molecule has 2 aliphatic carbocycles. The van der Waals surface area contributed by atoms with E-state index in [9.17, 15) is 4.79 Å². The first-order valence-electron chi connectivity index (χ1n) is 7.38. The summed E-state index contributed by atoms with van der Waals surface area (Å²) in [6, 6.07) is 0.858. The third kappa shape index (κ3) is 2.54. The van der Waals surface area contributed by atoms with Crippen LogP contribution in [-0.2, 0) is 4.79 Å². The number of carbonyl (C=O) groups excluding carboxylic acids is 1. The third-order valence-corrected chi connectivity index (χ3v) is 4.85. The van der Waals surface area contributed by atoms with Gasteiger partial charge in [0.05, 0.1) is 5.54 Å². The van der Waals surface area contributed by atoms with E-state index < -0.39 is 5.54 Å². The zero-order valence-corrected chi connectivity index (χ0v) is 11.3. The van der Waals surface area contributed by atoms with Crippen LogP contribution >= 0.6 is 0 Å². The quantitative estimate of drug-likeness (QED) is 0.757. The van der Waals surface area contributed by atoms with Gasteiger partial charge >= 0.3 is 0 Å². The maximum Gasteiger partial charge on any atom is 0.240 e. The van der Waals surface area contributed by atoms with Crippen molar-refractivity contribution in [2.24, 2.45) is 17.6 Å². The number of amides is 1. The maximum absolute atomic E-state index is 12.1. The van der Waals surface area contributed by atoms with Crippen LogP contribution in [0.3, 0.4) is 0 Å². The molecule has 1 amide bonds. The number of nitrogens with zero attached hydrogens (tertiary/aromatic N) is 1. The number of carbonyl (C=O) groups is 1. The Kier molecular flexibility index (Phi) is 3.10. The second-order valence-electron chi connectivity index (χ2n) is 6.65. The van der Waals surface area contributed by atoms with Crippen molar-refractivity contribution in [2.75, 3.05) is 19.6 Å². The summed E-state index contributed by atoms with van der Waals surface area (Å²) in [5, 5.41) is 3.08. The van der Waals surface area contributed by atoms with E-state index in [1.807, 2.05) is 6.92 Å². The fraction of sp³-hybridized carbons (Fsp3) is 0.929. The molecule has 18 heavy (non-hydrogen) atoms. The summed E-state index contributed by atoms with van der Waals surface area (Å²) in [5.74, 6) is 1.09. The van der Waals surface area contributed by atoms with Gasteiger partial charge in [-0.15, -0.1) is 0 Å². The highest BCUT2D eigenvalue weighted by Gasteiger charge is 2.44. The minimum atomic E-state index is -0.644. The van der Waals surface area contributed by atoms with E-state index in [-0.39, 0.29) is 5.91 Å². The first-order chi connectivity index (χ1) is 8.57. The molecule has 1 aliphatic heterocycles. The van der Waals surface area contributed by atoms with Crippen LogP contribution in [0, 0.1) is 11.8 Å². The van der Waals surface area contributed by atoms with Crippen molar-refractivity contribution in [3.8, 4) is 0 Å². The van der Waals surface area contributed by atoms with Gasteiger partial charge in [-0.05, 0) is 57.4 Å². The topological polar surface area (TPSA) is 58.4 Å². The highest BCUT2D eigenvalue weighted by Crippen LogP contribution is 2.38. The molecule has 4 heteroatoms. The highest BCUT2D eigenvalue weighted by molar-refractivity contribution is 5.86. The molecule has 3 aliphatic rings. The van der Waals surface area contributed by atoms with Gasteiger partial charge in [-0.3, -0.25) is 4.79 Å². The minimum Gasteiger partial charge on any atom is -0.354 e. The molecule has 2 unspecified atom stereocenters. The van der Waals surface area contributed by atoms with Gasteiger partial charge in [-0.2, -0.15) is 0 Å². The Morgan fingerprint density at radius 1 is 1.33 bits per heavy atom. The average molecular weight is 251 g/mol. The molecule has 102 valence electrons. The molecule has 2 atom stereocenters. The van der Waals surface area contributed by atoms with Gasteiger partial charge in [0.1, 0.15) is 0 Å². The van der Waals surface area contributed by atoms with Crippen LogP contribution in [0.4, 0.5) is 0 Å². The zero-order valence-electron chi connectivity index (χ0n) is 11.3. The average Bonchev–Trinajstić information content (AvgIpc) is 3.22. The number of likely N-dealkylation sites (tertiary alicyclic amines) is 1. The number of hydrogen-bond donors (Lipinski definition) is 2. The predicted octanol–water partition coefficient (Wildman–Crippen LogP) is 0.714. The van der Waals surface area contributed by atoms with Crippen molar-refractivity contribution in [3.05, 3.63) is 0 Å². The first-order valence-corrected chi connectivity index (χ1v) is 7.38. The van der Waals surface area contributed by atoms with Crippen LogP contribution in [0.2, 0.25) is 0 Å². The lowest BCUT2D eigenvalue weighted by Crippen LogP contribution is -2.54. The van der Waals surface area contributed by atoms with E-state index in [0.717, 1.165) is 32.0 Å². The van der Waals surface area contributed by atoms with Gasteiger partial charge in [0.2, 0.25) is 5.91 Å². The van der Waals surface area contributed by atoms with Crippen LogP contribution in [0.5, 0.6) is 0 Å². The zero-order chi connectivity index (χ0) is 12.8. The van der Waals surface area contributed by atoms with Gasteiger partial charge in [-0.1, -0.05) is 0 Å². The van der Waals surface area contributed by atoms with E-state index in [1.54, 1.807) is 0 Å². The third-order valence-electron chi connectivity index (χ3n) is 4.85. The first kappa shape index (κ1) is 12.4. The van der Waals surface area contributed by atoms with Crippen LogP contribution in [0.1, 0.15) is 39.0 Å². The van der Waals surface area contributed by atoms with Crippen molar-refractivity contribution in [1.82, 2.24) is 10.2 Å². The Morgan fingerprint density at radius 3 is 2.67 bits per heavy atom. The fourth-order valence-corrected chi connectivity index (χ4v) is 3.10. The van der Waals surface area contributed by atoms with Crippen molar-refractivity contribution in [3.63, 3.8) is 0 Å². The van der Waals surface area contributed by atoms with E-state index in [0.29, 0.717) is 11.8 Å². The molecule has 1 saturated heterocycles. The smallest absolute Gasteiger partial charge is 0.240 e. The van der Waals surface area contributed by atoms with Gasteiger partial charge in [0.25, 0.3) is 0 Å². The van der Waals surface area contributed by atoms with Crippen LogP contribution in [0.15, 0.2) is 0 Å². The van der Waals surface area contributed by atoms with Gasteiger partial charge in [0.15, 0.2) is 0 Å². The standard InChI is InChI=1S/C14H25N3O/c1-14(15,11-2-3-11)13(18)16-8-10-6-7-17(9-10)12-4-5-12/h10-12H,2-9,15H2,1H3,(H,16,18). The molecule has 3 N–H and O–H groups in total. The molecule has 0 bridgehead atoms. The number of nitrogens with two attached hydrogens (primary N) is 1. The second-order valence-corrected chi connectivity index (χ2v) is 6.65. The Labute approximate surface area is 109 Å². The lowest BCUT2D eigenvalue weighted by Gasteiger charge is -2.24. The van der Waals surface area contributed by atoms with Crippen LogP contribution in [0.25, 0.3) is 0 Å². The van der Waals surface area contributed by atoms with E-state index in [2.05, 4.69) is 10.2 Å². The number of rotatable bonds is 5. The summed E-state index contributed by atoms with van der Waals surface area (Å²) < 4.78 is 0. The number of hydrogen-bond acceptors (Lipinski definition) is 3. The lowest BCUT2D eigenvalue weighted by atomic mass is 9.96. The summed E-state index contributed by atoms with van der Waals surface area (Å²) in [4.78, 5) is 14.7. The van der Waals surface area contributed by atoms with Crippen molar-refractivity contribution < 1.29 is 4.79 Å². The molecule has 0 spiro atoms. The molecule has 0 radical (unpaired) electrons. The van der Waals surface area contributed by atoms with Gasteiger partial charge in [-0.25, -0.2) is 0 Å². The lowest BCUT2D eigenvalue weighted by molar-refractivity contribution is -0.126. The Hall–Kier alpha value is -0.610. The van der Waals surface area contributed by atoms with E-state index >= 15 is 0 Å². The van der Waals surface area contributed by atoms with Crippen LogP contribution < -0.4 is 11.1 Å². The molecular weight excluding hydrogens is 226 g/mol. The molecular formula is C14H25N3O. The summed E-state index contributed by atoms with van der Waals surface area (Å²) in [6.07, 6.45) is 6.20. The highest BCUT2D eigenvalue weighted by atomic mass is 16.2. The summed E-state index contributed by atoms with van der Waals surface area (Å²) in [5.41, 5.74) is 5.47. The molecule has 3 fully saturated rings. The molecule has 0 aromatic rings. The van der Waals surface area contributed by atoms with E-state index in [1.165, 1.54) is 25.8 Å². The molecule has 2 saturated carbocycles. The Morgan fingerprint density at radius 2 is 2.06 bits per heavy atom. The largest absolute Gasteiger partial charge is 0.354 e. The normalized spacial score (nSPS) is 32.2. The van der Waals surface area contributed by atoms with Gasteiger partial charge < -0.3 is 16.0 Å². The molecule has 3 rings (SSSR count).